The number of aliphatic hydroxyl groups is 1. The van der Waals surface area contributed by atoms with E-state index in [1.54, 1.807) is 0 Å². The van der Waals surface area contributed by atoms with Crippen molar-refractivity contribution in [1.29, 1.82) is 0 Å². The molecule has 2 heterocycles. The fourth-order valence-electron chi connectivity index (χ4n) is 2.44. The van der Waals surface area contributed by atoms with Gasteiger partial charge in [-0.05, 0) is 18.6 Å². The molecule has 0 spiro atoms. The van der Waals surface area contributed by atoms with Crippen molar-refractivity contribution in [3.05, 3.63) is 29.6 Å². The highest BCUT2D eigenvalue weighted by Gasteiger charge is 2.13. The molecule has 1 fully saturated rings. The smallest absolute Gasteiger partial charge is 0.0594 e. The third kappa shape index (κ3) is 4.83. The zero-order valence-corrected chi connectivity index (χ0v) is 12.3. The van der Waals surface area contributed by atoms with Crippen LogP contribution in [-0.4, -0.2) is 72.4 Å². The first-order valence-corrected chi connectivity index (χ1v) is 7.33. The second-order valence-electron chi connectivity index (χ2n) is 5.20. The largest absolute Gasteiger partial charge is 0.395 e. The van der Waals surface area contributed by atoms with Gasteiger partial charge in [-0.25, -0.2) is 0 Å². The third-order valence-electron chi connectivity index (χ3n) is 3.76. The van der Waals surface area contributed by atoms with Crippen molar-refractivity contribution in [2.24, 2.45) is 0 Å². The molecule has 1 aliphatic rings. The van der Waals surface area contributed by atoms with Gasteiger partial charge in [-0.3, -0.25) is 14.8 Å². The summed E-state index contributed by atoms with van der Waals surface area (Å²) in [4.78, 5) is 9.04. The van der Waals surface area contributed by atoms with Gasteiger partial charge in [-0.1, -0.05) is 6.07 Å². The quantitative estimate of drug-likeness (QED) is 0.788. The summed E-state index contributed by atoms with van der Waals surface area (Å²) in [5.74, 6) is 0. The molecule has 2 rings (SSSR count). The molecule has 112 valence electrons. The van der Waals surface area contributed by atoms with E-state index in [4.69, 9.17) is 4.74 Å². The number of hydrogen-bond donors (Lipinski definition) is 1. The molecule has 0 saturated carbocycles. The van der Waals surface area contributed by atoms with Crippen LogP contribution in [0.1, 0.15) is 11.3 Å². The van der Waals surface area contributed by atoms with E-state index < -0.39 is 0 Å². The van der Waals surface area contributed by atoms with E-state index in [0.29, 0.717) is 6.54 Å². The Bertz CT molecular complexity index is 394. The predicted octanol–water partition coefficient (Wildman–Crippen LogP) is 0.517. The van der Waals surface area contributed by atoms with Crippen LogP contribution in [0.5, 0.6) is 0 Å². The molecule has 0 unspecified atom stereocenters. The fraction of sp³-hybridized carbons (Fsp3) is 0.667. The third-order valence-corrected chi connectivity index (χ3v) is 3.76. The lowest BCUT2D eigenvalue weighted by Crippen LogP contribution is -2.42. The highest BCUT2D eigenvalue weighted by atomic mass is 16.5. The number of ether oxygens (including phenoxy) is 1. The zero-order chi connectivity index (χ0) is 14.2. The van der Waals surface area contributed by atoms with Gasteiger partial charge in [-0.15, -0.1) is 0 Å². The summed E-state index contributed by atoms with van der Waals surface area (Å²) in [5, 5.41) is 9.23. The fourth-order valence-corrected chi connectivity index (χ4v) is 2.44. The van der Waals surface area contributed by atoms with Crippen molar-refractivity contribution in [1.82, 2.24) is 14.8 Å². The van der Waals surface area contributed by atoms with Gasteiger partial charge in [-0.2, -0.15) is 0 Å². The number of morpholine rings is 1. The molecule has 1 aromatic heterocycles. The summed E-state index contributed by atoms with van der Waals surface area (Å²) >= 11 is 0. The summed E-state index contributed by atoms with van der Waals surface area (Å²) in [6.45, 7) is 9.48. The molecular weight excluding hydrogens is 254 g/mol. The minimum atomic E-state index is 0.197. The van der Waals surface area contributed by atoms with Gasteiger partial charge in [0.1, 0.15) is 0 Å². The SMILES string of the molecule is Cc1ncccc1CN(CCO)CCN1CCOCC1. The Balaban J connectivity index is 1.84. The minimum absolute atomic E-state index is 0.197. The lowest BCUT2D eigenvalue weighted by molar-refractivity contribution is 0.0320. The Morgan fingerprint density at radius 1 is 1.35 bits per heavy atom. The molecule has 1 aromatic rings. The predicted molar refractivity (Wildman–Crippen MR) is 78.6 cm³/mol. The highest BCUT2D eigenvalue weighted by Crippen LogP contribution is 2.08. The molecule has 0 bridgehead atoms. The van der Waals surface area contributed by atoms with Gasteiger partial charge in [0.05, 0.1) is 19.8 Å². The molecule has 5 nitrogen and oxygen atoms in total. The van der Waals surface area contributed by atoms with Crippen LogP contribution in [0.4, 0.5) is 0 Å². The molecule has 1 N–H and O–H groups in total. The van der Waals surface area contributed by atoms with Crippen LogP contribution in [0.2, 0.25) is 0 Å². The topological polar surface area (TPSA) is 48.8 Å². The Kier molecular flexibility index (Phi) is 6.39. The van der Waals surface area contributed by atoms with E-state index >= 15 is 0 Å². The van der Waals surface area contributed by atoms with Crippen molar-refractivity contribution in [2.45, 2.75) is 13.5 Å². The number of aryl methyl sites for hydroxylation is 1. The molecule has 0 amide bonds. The Hall–Kier alpha value is -1.01. The van der Waals surface area contributed by atoms with Crippen molar-refractivity contribution in [3.8, 4) is 0 Å². The summed E-state index contributed by atoms with van der Waals surface area (Å²) in [6.07, 6.45) is 1.82. The maximum absolute atomic E-state index is 9.23. The van der Waals surface area contributed by atoms with Gasteiger partial charge >= 0.3 is 0 Å². The molecule has 0 aliphatic carbocycles. The van der Waals surface area contributed by atoms with Crippen LogP contribution in [-0.2, 0) is 11.3 Å². The van der Waals surface area contributed by atoms with E-state index in [1.807, 2.05) is 19.2 Å². The molecule has 0 aromatic carbocycles. The van der Waals surface area contributed by atoms with Gasteiger partial charge < -0.3 is 9.84 Å². The minimum Gasteiger partial charge on any atom is -0.395 e. The van der Waals surface area contributed by atoms with Crippen molar-refractivity contribution < 1.29 is 9.84 Å². The standard InChI is InChI=1S/C15H25N3O2/c1-14-15(3-2-4-16-14)13-18(7-10-19)6-5-17-8-11-20-12-9-17/h2-4,19H,5-13H2,1H3. The van der Waals surface area contributed by atoms with Gasteiger partial charge in [0.15, 0.2) is 0 Å². The second kappa shape index (κ2) is 8.32. The number of aliphatic hydroxyl groups excluding tert-OH is 1. The van der Waals surface area contributed by atoms with Crippen LogP contribution >= 0.6 is 0 Å². The molecule has 20 heavy (non-hydrogen) atoms. The lowest BCUT2D eigenvalue weighted by atomic mass is 10.2. The number of aromatic nitrogens is 1. The average Bonchev–Trinajstić information content (AvgIpc) is 2.48. The van der Waals surface area contributed by atoms with Gasteiger partial charge in [0.25, 0.3) is 0 Å². The number of hydrogen-bond acceptors (Lipinski definition) is 5. The first-order valence-electron chi connectivity index (χ1n) is 7.33. The van der Waals surface area contributed by atoms with Crippen LogP contribution < -0.4 is 0 Å². The van der Waals surface area contributed by atoms with Crippen LogP contribution in [0, 0.1) is 6.92 Å². The van der Waals surface area contributed by atoms with E-state index in [0.717, 1.165) is 51.6 Å². The molecule has 1 aliphatic heterocycles. The molecule has 1 saturated heterocycles. The summed E-state index contributed by atoms with van der Waals surface area (Å²) in [5.41, 5.74) is 2.31. The molecule has 0 radical (unpaired) electrons. The molecular formula is C15H25N3O2. The summed E-state index contributed by atoms with van der Waals surface area (Å²) in [6, 6.07) is 4.09. The van der Waals surface area contributed by atoms with Crippen molar-refractivity contribution in [3.63, 3.8) is 0 Å². The number of rotatable bonds is 7. The molecule has 5 heteroatoms. The van der Waals surface area contributed by atoms with Gasteiger partial charge in [0, 0.05) is 51.2 Å². The lowest BCUT2D eigenvalue weighted by Gasteiger charge is -2.30. The maximum Gasteiger partial charge on any atom is 0.0594 e. The van der Waals surface area contributed by atoms with Gasteiger partial charge in [0.2, 0.25) is 0 Å². The highest BCUT2D eigenvalue weighted by molar-refractivity contribution is 5.17. The monoisotopic (exact) mass is 279 g/mol. The number of pyridine rings is 1. The Labute approximate surface area is 121 Å². The normalized spacial score (nSPS) is 16.8. The zero-order valence-electron chi connectivity index (χ0n) is 12.3. The van der Waals surface area contributed by atoms with E-state index in [2.05, 4.69) is 20.9 Å². The van der Waals surface area contributed by atoms with Crippen LogP contribution in [0.15, 0.2) is 18.3 Å². The van der Waals surface area contributed by atoms with Crippen LogP contribution in [0.3, 0.4) is 0 Å². The summed E-state index contributed by atoms with van der Waals surface area (Å²) < 4.78 is 5.36. The van der Waals surface area contributed by atoms with E-state index in [1.165, 1.54) is 5.56 Å². The average molecular weight is 279 g/mol. The van der Waals surface area contributed by atoms with E-state index in [-0.39, 0.29) is 6.61 Å². The maximum atomic E-state index is 9.23. The Morgan fingerprint density at radius 2 is 2.15 bits per heavy atom. The molecule has 0 atom stereocenters. The Morgan fingerprint density at radius 3 is 2.85 bits per heavy atom. The first-order chi connectivity index (χ1) is 9.79. The van der Waals surface area contributed by atoms with Crippen molar-refractivity contribution in [2.75, 3.05) is 52.5 Å². The second-order valence-corrected chi connectivity index (χ2v) is 5.20. The van der Waals surface area contributed by atoms with Crippen molar-refractivity contribution >= 4 is 0 Å². The summed E-state index contributed by atoms with van der Waals surface area (Å²) in [7, 11) is 0. The van der Waals surface area contributed by atoms with Crippen LogP contribution in [0.25, 0.3) is 0 Å². The number of nitrogens with zero attached hydrogens (tertiary/aromatic N) is 3. The van der Waals surface area contributed by atoms with E-state index in [9.17, 15) is 5.11 Å². The first kappa shape index (κ1) is 15.4.